The van der Waals surface area contributed by atoms with E-state index >= 15 is 0 Å². The Bertz CT molecular complexity index is 997. The number of hydrogen-bond donors (Lipinski definition) is 0. The maximum atomic E-state index is 13.3. The number of imidazole rings is 1. The highest BCUT2D eigenvalue weighted by Crippen LogP contribution is 2.36. The van der Waals surface area contributed by atoms with Gasteiger partial charge in [0.05, 0.1) is 5.69 Å². The Hall–Kier alpha value is -2.81. The lowest BCUT2D eigenvalue weighted by Gasteiger charge is -2.08. The molecule has 0 fully saturated rings. The highest BCUT2D eigenvalue weighted by Gasteiger charge is 2.21. The van der Waals surface area contributed by atoms with Gasteiger partial charge in [-0.2, -0.15) is 0 Å². The van der Waals surface area contributed by atoms with Gasteiger partial charge in [0.15, 0.2) is 0 Å². The fraction of sp³-hybridized carbons (Fsp3) is 0.217. The van der Waals surface area contributed by atoms with Crippen LogP contribution in [0.25, 0.3) is 28.0 Å². The van der Waals surface area contributed by atoms with Crippen LogP contribution in [0.4, 0.5) is 4.39 Å². The molecule has 3 heteroatoms. The first-order chi connectivity index (χ1) is 12.7. The minimum absolute atomic E-state index is 0.186. The monoisotopic (exact) mass is 344 g/mol. The molecule has 130 valence electrons. The topological polar surface area (TPSA) is 9.34 Å². The van der Waals surface area contributed by atoms with Gasteiger partial charge in [-0.05, 0) is 49.4 Å². The van der Waals surface area contributed by atoms with E-state index in [2.05, 4.69) is 52.6 Å². The van der Waals surface area contributed by atoms with Gasteiger partial charge in [0.2, 0.25) is 0 Å². The molecule has 2 nitrogen and oxygen atoms in total. The molecule has 2 aromatic heterocycles. The van der Waals surface area contributed by atoms with Crippen molar-refractivity contribution in [2.24, 2.45) is 0 Å². The number of halogens is 1. The standard InChI is InChI=1S/C23H21FN2/c1-16-5-7-18(8-6-16)22-15-25-14-21(17-9-11-19(24)12-10-17)20-4-2-3-13-26(22)23(20)25/h5-12,14-15H,2-4,13H2,1H3. The Morgan fingerprint density at radius 2 is 1.58 bits per heavy atom. The molecule has 0 amide bonds. The van der Waals surface area contributed by atoms with Crippen LogP contribution in [0.5, 0.6) is 0 Å². The molecular weight excluding hydrogens is 323 g/mol. The Balaban J connectivity index is 1.72. The average Bonchev–Trinajstić information content (AvgIpc) is 3.07. The van der Waals surface area contributed by atoms with Crippen LogP contribution in [0.1, 0.15) is 24.0 Å². The van der Waals surface area contributed by atoms with E-state index in [-0.39, 0.29) is 5.82 Å². The van der Waals surface area contributed by atoms with Crippen LogP contribution in [0.3, 0.4) is 0 Å². The quantitative estimate of drug-likeness (QED) is 0.431. The molecule has 0 spiro atoms. The van der Waals surface area contributed by atoms with Gasteiger partial charge in [-0.3, -0.25) is 0 Å². The van der Waals surface area contributed by atoms with E-state index in [1.54, 1.807) is 12.1 Å². The highest BCUT2D eigenvalue weighted by molar-refractivity contribution is 5.78. The summed E-state index contributed by atoms with van der Waals surface area (Å²) in [7, 11) is 0. The third-order valence-electron chi connectivity index (χ3n) is 5.48. The molecule has 1 aliphatic heterocycles. The Labute approximate surface area is 152 Å². The molecule has 26 heavy (non-hydrogen) atoms. The Morgan fingerprint density at radius 1 is 0.846 bits per heavy atom. The van der Waals surface area contributed by atoms with Gasteiger partial charge in [-0.25, -0.2) is 4.39 Å². The molecular formula is C23H21FN2. The van der Waals surface area contributed by atoms with E-state index in [9.17, 15) is 4.39 Å². The van der Waals surface area contributed by atoms with E-state index in [1.165, 1.54) is 46.4 Å². The Kier molecular flexibility index (Phi) is 3.49. The zero-order valence-electron chi connectivity index (χ0n) is 14.9. The second-order valence-electron chi connectivity index (χ2n) is 7.25. The molecule has 2 aromatic carbocycles. The fourth-order valence-electron chi connectivity index (χ4n) is 4.15. The summed E-state index contributed by atoms with van der Waals surface area (Å²) < 4.78 is 18.0. The highest BCUT2D eigenvalue weighted by atomic mass is 19.1. The van der Waals surface area contributed by atoms with Gasteiger partial charge in [0.1, 0.15) is 11.5 Å². The van der Waals surface area contributed by atoms with Crippen molar-refractivity contribution in [3.05, 3.63) is 77.9 Å². The van der Waals surface area contributed by atoms with E-state index in [4.69, 9.17) is 0 Å². The van der Waals surface area contributed by atoms with Crippen molar-refractivity contribution in [1.82, 2.24) is 8.97 Å². The lowest BCUT2D eigenvalue weighted by molar-refractivity contribution is 0.628. The number of aromatic nitrogens is 2. The third-order valence-corrected chi connectivity index (χ3v) is 5.48. The SMILES string of the molecule is Cc1ccc(-c2cn3cc(-c4ccc(F)cc4)c4c3n2CCCC4)cc1. The minimum atomic E-state index is -0.186. The summed E-state index contributed by atoms with van der Waals surface area (Å²) in [5, 5.41) is 0. The number of benzene rings is 2. The second kappa shape index (κ2) is 5.87. The maximum absolute atomic E-state index is 13.3. The van der Waals surface area contributed by atoms with Crippen LogP contribution in [-0.2, 0) is 13.0 Å². The first-order valence-corrected chi connectivity index (χ1v) is 9.27. The van der Waals surface area contributed by atoms with E-state index in [0.717, 1.165) is 18.5 Å². The molecule has 0 N–H and O–H groups in total. The van der Waals surface area contributed by atoms with Crippen LogP contribution in [0, 0.1) is 12.7 Å². The summed E-state index contributed by atoms with van der Waals surface area (Å²) >= 11 is 0. The van der Waals surface area contributed by atoms with Crippen molar-refractivity contribution in [3.8, 4) is 22.4 Å². The molecule has 0 unspecified atom stereocenters. The largest absolute Gasteiger partial charge is 0.325 e. The lowest BCUT2D eigenvalue weighted by Crippen LogP contribution is -1.98. The van der Waals surface area contributed by atoms with Crippen molar-refractivity contribution >= 4 is 5.65 Å². The summed E-state index contributed by atoms with van der Waals surface area (Å²) in [5.74, 6) is -0.186. The molecule has 1 aliphatic rings. The van der Waals surface area contributed by atoms with E-state index in [1.807, 2.05) is 12.1 Å². The molecule has 0 aliphatic carbocycles. The molecule has 0 saturated carbocycles. The normalized spacial score (nSPS) is 13.9. The first kappa shape index (κ1) is 15.4. The number of rotatable bonds is 2. The molecule has 4 aromatic rings. The van der Waals surface area contributed by atoms with Crippen LogP contribution >= 0.6 is 0 Å². The second-order valence-corrected chi connectivity index (χ2v) is 7.25. The van der Waals surface area contributed by atoms with Gasteiger partial charge in [-0.1, -0.05) is 42.0 Å². The maximum Gasteiger partial charge on any atom is 0.123 e. The van der Waals surface area contributed by atoms with Crippen LogP contribution in [-0.4, -0.2) is 8.97 Å². The van der Waals surface area contributed by atoms with Gasteiger partial charge < -0.3 is 8.97 Å². The van der Waals surface area contributed by atoms with Gasteiger partial charge in [0, 0.05) is 30.1 Å². The van der Waals surface area contributed by atoms with Crippen LogP contribution in [0.2, 0.25) is 0 Å². The zero-order chi connectivity index (χ0) is 17.7. The number of nitrogens with zero attached hydrogens (tertiary/aromatic N) is 2. The smallest absolute Gasteiger partial charge is 0.123 e. The Morgan fingerprint density at radius 3 is 2.35 bits per heavy atom. The van der Waals surface area contributed by atoms with Crippen molar-refractivity contribution < 1.29 is 4.39 Å². The van der Waals surface area contributed by atoms with Crippen molar-refractivity contribution in [2.75, 3.05) is 0 Å². The van der Waals surface area contributed by atoms with Gasteiger partial charge >= 0.3 is 0 Å². The summed E-state index contributed by atoms with van der Waals surface area (Å²) in [5.41, 5.74) is 8.80. The first-order valence-electron chi connectivity index (χ1n) is 9.27. The lowest BCUT2D eigenvalue weighted by atomic mass is 10.0. The van der Waals surface area contributed by atoms with Crippen molar-refractivity contribution in [1.29, 1.82) is 0 Å². The van der Waals surface area contributed by atoms with Crippen LogP contribution < -0.4 is 0 Å². The average molecular weight is 344 g/mol. The van der Waals surface area contributed by atoms with E-state index in [0.29, 0.717) is 0 Å². The zero-order valence-corrected chi connectivity index (χ0v) is 14.9. The molecule has 3 heterocycles. The molecule has 0 radical (unpaired) electrons. The van der Waals surface area contributed by atoms with E-state index < -0.39 is 0 Å². The van der Waals surface area contributed by atoms with Crippen molar-refractivity contribution in [2.45, 2.75) is 32.7 Å². The molecule has 0 atom stereocenters. The predicted molar refractivity (Wildman–Crippen MR) is 104 cm³/mol. The van der Waals surface area contributed by atoms with Gasteiger partial charge in [0.25, 0.3) is 0 Å². The summed E-state index contributed by atoms with van der Waals surface area (Å²) in [6.45, 7) is 3.16. The fourth-order valence-corrected chi connectivity index (χ4v) is 4.15. The van der Waals surface area contributed by atoms with Crippen molar-refractivity contribution in [3.63, 3.8) is 0 Å². The molecule has 0 bridgehead atoms. The van der Waals surface area contributed by atoms with Crippen LogP contribution in [0.15, 0.2) is 60.9 Å². The van der Waals surface area contributed by atoms with Gasteiger partial charge in [-0.15, -0.1) is 0 Å². The summed E-state index contributed by atoms with van der Waals surface area (Å²) in [6, 6.07) is 15.6. The number of hydrogen-bond acceptors (Lipinski definition) is 0. The molecule has 0 saturated heterocycles. The minimum Gasteiger partial charge on any atom is -0.325 e. The summed E-state index contributed by atoms with van der Waals surface area (Å²) in [6.07, 6.45) is 7.88. The predicted octanol–water partition coefficient (Wildman–Crippen LogP) is 5.86. The summed E-state index contributed by atoms with van der Waals surface area (Å²) in [4.78, 5) is 0. The number of aryl methyl sites for hydroxylation is 3. The third kappa shape index (κ3) is 2.38. The molecule has 5 rings (SSSR count).